The Labute approximate surface area is 100 Å². The van der Waals surface area contributed by atoms with E-state index < -0.39 is 10.8 Å². The Morgan fingerprint density at radius 1 is 1.25 bits per heavy atom. The van der Waals surface area contributed by atoms with Gasteiger partial charge in [-0.15, -0.1) is 0 Å². The van der Waals surface area contributed by atoms with Crippen LogP contribution in [0.3, 0.4) is 0 Å². The maximum atomic E-state index is 11.7. The molecule has 1 atom stereocenters. The topological polar surface area (TPSA) is 46.6 Å². The molecule has 1 unspecified atom stereocenters. The molecule has 0 bridgehead atoms. The van der Waals surface area contributed by atoms with Gasteiger partial charge in [0.15, 0.2) is 0 Å². The summed E-state index contributed by atoms with van der Waals surface area (Å²) in [5, 5.41) is 0.962. The number of ether oxygens (including phenoxy) is 1. The number of amides is 1. The predicted octanol–water partition coefficient (Wildman–Crippen LogP) is 2.48. The van der Waals surface area contributed by atoms with Crippen molar-refractivity contribution in [2.75, 3.05) is 19.7 Å². The van der Waals surface area contributed by atoms with E-state index in [9.17, 15) is 9.00 Å². The van der Waals surface area contributed by atoms with E-state index >= 15 is 0 Å². The third-order valence-corrected chi connectivity index (χ3v) is 2.82. The summed E-state index contributed by atoms with van der Waals surface area (Å²) in [5.41, 5.74) is 0. The van der Waals surface area contributed by atoms with Crippen molar-refractivity contribution >= 4 is 16.0 Å². The van der Waals surface area contributed by atoms with Gasteiger partial charge in [-0.25, -0.2) is 4.21 Å². The van der Waals surface area contributed by atoms with Crippen LogP contribution in [0.15, 0.2) is 11.7 Å². The first-order valence-corrected chi connectivity index (χ1v) is 6.86. The molecule has 0 aromatic carbocycles. The molecule has 0 aliphatic heterocycles. The second kappa shape index (κ2) is 9.39. The summed E-state index contributed by atoms with van der Waals surface area (Å²) in [6.07, 6.45) is 3.07. The second-order valence-corrected chi connectivity index (χ2v) is 4.49. The molecule has 0 aromatic rings. The van der Waals surface area contributed by atoms with E-state index in [1.165, 1.54) is 11.7 Å². The fourth-order valence-electron chi connectivity index (χ4n) is 1.21. The van der Waals surface area contributed by atoms with Gasteiger partial charge in [0.1, 0.15) is 10.8 Å². The number of hydrogen-bond acceptors (Lipinski definition) is 3. The van der Waals surface area contributed by atoms with E-state index in [1.807, 2.05) is 20.8 Å². The van der Waals surface area contributed by atoms with Gasteiger partial charge < -0.3 is 9.64 Å². The molecule has 0 aromatic heterocycles. The van der Waals surface area contributed by atoms with Crippen LogP contribution in [0.4, 0.5) is 4.79 Å². The first-order valence-electron chi connectivity index (χ1n) is 5.65. The zero-order chi connectivity index (χ0) is 12.4. The molecular weight excluding hydrogens is 226 g/mol. The number of nitrogens with zero attached hydrogens (tertiary/aromatic N) is 1. The van der Waals surface area contributed by atoms with Crippen molar-refractivity contribution < 1.29 is 13.7 Å². The molecule has 0 radical (unpaired) electrons. The lowest BCUT2D eigenvalue weighted by Crippen LogP contribution is -2.33. The molecule has 5 heteroatoms. The molecule has 94 valence electrons. The quantitative estimate of drug-likeness (QED) is 0.649. The zero-order valence-corrected chi connectivity index (χ0v) is 11.1. The fourth-order valence-corrected chi connectivity index (χ4v) is 1.94. The van der Waals surface area contributed by atoms with Gasteiger partial charge >= 0.3 is 5.24 Å². The second-order valence-electron chi connectivity index (χ2n) is 3.28. The average Bonchev–Trinajstić information content (AvgIpc) is 2.28. The molecule has 0 N–H and O–H groups in total. The van der Waals surface area contributed by atoms with Crippen LogP contribution in [-0.2, 0) is 15.5 Å². The minimum Gasteiger partial charge on any atom is -0.501 e. The first-order chi connectivity index (χ1) is 7.67. The van der Waals surface area contributed by atoms with Crippen molar-refractivity contribution in [3.63, 3.8) is 0 Å². The van der Waals surface area contributed by atoms with Crippen molar-refractivity contribution in [1.82, 2.24) is 4.90 Å². The van der Waals surface area contributed by atoms with E-state index in [-0.39, 0.29) is 5.24 Å². The lowest BCUT2D eigenvalue weighted by Gasteiger charge is -2.19. The normalized spacial score (nSPS) is 12.7. The molecule has 0 rings (SSSR count). The van der Waals surface area contributed by atoms with Crippen LogP contribution in [0.25, 0.3) is 0 Å². The van der Waals surface area contributed by atoms with Gasteiger partial charge in [0.25, 0.3) is 0 Å². The molecule has 0 spiro atoms. The Balaban J connectivity index is 4.30. The minimum atomic E-state index is -1.62. The van der Waals surface area contributed by atoms with E-state index in [4.69, 9.17) is 4.74 Å². The average molecular weight is 247 g/mol. The smallest absolute Gasteiger partial charge is 0.316 e. The van der Waals surface area contributed by atoms with Crippen molar-refractivity contribution in [3.05, 3.63) is 11.7 Å². The highest BCUT2D eigenvalue weighted by atomic mass is 32.2. The van der Waals surface area contributed by atoms with Crippen molar-refractivity contribution in [2.45, 2.75) is 33.6 Å². The first kappa shape index (κ1) is 15.2. The maximum absolute atomic E-state index is 11.7. The highest BCUT2D eigenvalue weighted by Crippen LogP contribution is 2.02. The lowest BCUT2D eigenvalue weighted by atomic mass is 10.4. The molecular formula is C11H21NO3S. The Bertz CT molecular complexity index is 248. The van der Waals surface area contributed by atoms with Crippen molar-refractivity contribution in [3.8, 4) is 0 Å². The summed E-state index contributed by atoms with van der Waals surface area (Å²) < 4.78 is 16.5. The fraction of sp³-hybridized carbons (Fsp3) is 0.727. The van der Waals surface area contributed by atoms with E-state index in [2.05, 4.69) is 0 Å². The third kappa shape index (κ3) is 5.90. The summed E-state index contributed by atoms with van der Waals surface area (Å²) in [6, 6.07) is 0. The summed E-state index contributed by atoms with van der Waals surface area (Å²) in [7, 11) is -1.62. The number of carbonyl (C=O) groups is 1. The molecule has 0 heterocycles. The van der Waals surface area contributed by atoms with Crippen LogP contribution in [0, 0.1) is 0 Å². The predicted molar refractivity (Wildman–Crippen MR) is 66.5 cm³/mol. The van der Waals surface area contributed by atoms with Gasteiger partial charge in [-0.05, 0) is 19.8 Å². The third-order valence-electron chi connectivity index (χ3n) is 1.86. The summed E-state index contributed by atoms with van der Waals surface area (Å²) in [6.45, 7) is 7.64. The van der Waals surface area contributed by atoms with Gasteiger partial charge in [-0.1, -0.05) is 13.8 Å². The summed E-state index contributed by atoms with van der Waals surface area (Å²) >= 11 is 0. The highest BCUT2D eigenvalue weighted by Gasteiger charge is 2.16. The Kier molecular flexibility index (Phi) is 8.90. The number of hydrogen-bond donors (Lipinski definition) is 0. The van der Waals surface area contributed by atoms with Gasteiger partial charge in [0.05, 0.1) is 12.9 Å². The van der Waals surface area contributed by atoms with Crippen molar-refractivity contribution in [2.24, 2.45) is 0 Å². The van der Waals surface area contributed by atoms with Crippen LogP contribution >= 0.6 is 0 Å². The van der Waals surface area contributed by atoms with E-state index in [0.717, 1.165) is 12.8 Å². The van der Waals surface area contributed by atoms with Crippen LogP contribution < -0.4 is 0 Å². The molecule has 0 saturated carbocycles. The molecule has 0 saturated heterocycles. The maximum Gasteiger partial charge on any atom is 0.316 e. The Morgan fingerprint density at radius 2 is 1.81 bits per heavy atom. The Morgan fingerprint density at radius 3 is 2.25 bits per heavy atom. The molecule has 1 amide bonds. The largest absolute Gasteiger partial charge is 0.501 e. The number of carbonyl (C=O) groups excluding carboxylic acids is 1. The van der Waals surface area contributed by atoms with Crippen LogP contribution in [0.5, 0.6) is 0 Å². The van der Waals surface area contributed by atoms with Crippen LogP contribution in [0.1, 0.15) is 33.6 Å². The van der Waals surface area contributed by atoms with E-state index in [0.29, 0.717) is 19.7 Å². The molecule has 0 aliphatic carbocycles. The van der Waals surface area contributed by atoms with E-state index in [1.54, 1.807) is 4.90 Å². The molecule has 0 aliphatic rings. The lowest BCUT2D eigenvalue weighted by molar-refractivity contribution is 0.222. The standard InChI is InChI=1S/C11H21NO3S/c1-4-7-12(8-5-2)11(13)16(14)10-9-15-6-3/h9-10H,4-8H2,1-3H3. The van der Waals surface area contributed by atoms with Crippen molar-refractivity contribution in [1.29, 1.82) is 0 Å². The van der Waals surface area contributed by atoms with Gasteiger partial charge in [-0.3, -0.25) is 4.79 Å². The number of rotatable bonds is 7. The van der Waals surface area contributed by atoms with Gasteiger partial charge in [0.2, 0.25) is 0 Å². The molecule has 0 fully saturated rings. The van der Waals surface area contributed by atoms with Gasteiger partial charge in [0, 0.05) is 18.5 Å². The molecule has 4 nitrogen and oxygen atoms in total. The Hall–Kier alpha value is -0.840. The highest BCUT2D eigenvalue weighted by molar-refractivity contribution is 8.02. The minimum absolute atomic E-state index is 0.334. The van der Waals surface area contributed by atoms with Crippen LogP contribution in [0.2, 0.25) is 0 Å². The van der Waals surface area contributed by atoms with Gasteiger partial charge in [-0.2, -0.15) is 0 Å². The SMILES string of the molecule is CCCN(CCC)C(=O)S(=O)C=COCC. The summed E-state index contributed by atoms with van der Waals surface area (Å²) in [4.78, 5) is 13.4. The summed E-state index contributed by atoms with van der Waals surface area (Å²) in [5.74, 6) is 0. The molecule has 16 heavy (non-hydrogen) atoms. The van der Waals surface area contributed by atoms with Crippen LogP contribution in [-0.4, -0.2) is 34.0 Å². The zero-order valence-electron chi connectivity index (χ0n) is 10.3. The monoisotopic (exact) mass is 247 g/mol.